The molecule has 0 bridgehead atoms. The molecule has 0 unspecified atom stereocenters. The third kappa shape index (κ3) is 2.96. The van der Waals surface area contributed by atoms with Gasteiger partial charge in [0.15, 0.2) is 5.69 Å². The van der Waals surface area contributed by atoms with Gasteiger partial charge in [0.2, 0.25) is 0 Å². The molecule has 0 aliphatic heterocycles. The highest BCUT2D eigenvalue weighted by molar-refractivity contribution is 9.10. The van der Waals surface area contributed by atoms with Gasteiger partial charge in [-0.05, 0) is 18.2 Å². The summed E-state index contributed by atoms with van der Waals surface area (Å²) >= 11 is 3.82. The highest BCUT2D eigenvalue weighted by Gasteiger charge is 2.37. The van der Waals surface area contributed by atoms with Gasteiger partial charge >= 0.3 is 6.18 Å². The number of alkyl halides is 3. The molecule has 1 aromatic heterocycles. The third-order valence-corrected chi connectivity index (χ3v) is 3.92. The van der Waals surface area contributed by atoms with Gasteiger partial charge in [0.25, 0.3) is 0 Å². The number of nitrogens with two attached hydrogens (primary N) is 1. The Kier molecular flexibility index (Phi) is 3.93. The average Bonchev–Trinajstić information content (AvgIpc) is 2.72. The molecule has 0 amide bonds. The Hall–Kier alpha value is -0.990. The van der Waals surface area contributed by atoms with Crippen LogP contribution in [-0.2, 0) is 12.7 Å². The summed E-state index contributed by atoms with van der Waals surface area (Å²) in [6, 6.07) is 4.08. The summed E-state index contributed by atoms with van der Waals surface area (Å²) in [5, 5.41) is -0.0298. The predicted molar refractivity (Wildman–Crippen MR) is 68.1 cm³/mol. The summed E-state index contributed by atoms with van der Waals surface area (Å²) in [7, 11) is 0. The number of benzene rings is 1. The van der Waals surface area contributed by atoms with Gasteiger partial charge in [-0.1, -0.05) is 15.9 Å². The van der Waals surface area contributed by atoms with Crippen LogP contribution in [0.15, 0.2) is 22.7 Å². The molecule has 0 radical (unpaired) electrons. The van der Waals surface area contributed by atoms with E-state index in [0.29, 0.717) is 4.47 Å². The van der Waals surface area contributed by atoms with Crippen molar-refractivity contribution >= 4 is 27.3 Å². The highest BCUT2D eigenvalue weighted by atomic mass is 79.9. The van der Waals surface area contributed by atoms with Crippen molar-refractivity contribution in [2.45, 2.75) is 12.7 Å². The van der Waals surface area contributed by atoms with E-state index in [-0.39, 0.29) is 22.0 Å². The second-order valence-electron chi connectivity index (χ2n) is 3.62. The molecule has 0 saturated carbocycles. The standard InChI is InChI=1S/C11H7BrF4N2S/c12-5-1-2-6(7(13)3-5)10-18-9(11(14,15)16)8(4-17)19-10/h1-3H,4,17H2. The first kappa shape index (κ1) is 14.4. The van der Waals surface area contributed by atoms with Crippen LogP contribution in [0.25, 0.3) is 10.6 Å². The van der Waals surface area contributed by atoms with E-state index in [0.717, 1.165) is 11.3 Å². The van der Waals surface area contributed by atoms with Gasteiger partial charge < -0.3 is 5.73 Å². The van der Waals surface area contributed by atoms with Crippen LogP contribution in [0.1, 0.15) is 10.6 Å². The molecule has 0 spiro atoms. The molecule has 2 aromatic rings. The van der Waals surface area contributed by atoms with E-state index >= 15 is 0 Å². The molecule has 2 N–H and O–H groups in total. The molecular weight excluding hydrogens is 348 g/mol. The van der Waals surface area contributed by atoms with Crippen LogP contribution in [0, 0.1) is 5.82 Å². The van der Waals surface area contributed by atoms with Crippen LogP contribution >= 0.6 is 27.3 Å². The summed E-state index contributed by atoms with van der Waals surface area (Å²) in [5.41, 5.74) is 4.25. The first-order chi connectivity index (χ1) is 8.82. The topological polar surface area (TPSA) is 38.9 Å². The number of hydrogen-bond donors (Lipinski definition) is 1. The van der Waals surface area contributed by atoms with Crippen LogP contribution in [0.3, 0.4) is 0 Å². The SMILES string of the molecule is NCc1sc(-c2ccc(Br)cc2F)nc1C(F)(F)F. The fourth-order valence-corrected chi connectivity index (χ4v) is 2.81. The van der Waals surface area contributed by atoms with Crippen LogP contribution < -0.4 is 5.73 Å². The zero-order valence-electron chi connectivity index (χ0n) is 9.26. The number of thiazole rings is 1. The third-order valence-electron chi connectivity index (χ3n) is 2.31. The van der Waals surface area contributed by atoms with E-state index in [2.05, 4.69) is 20.9 Å². The summed E-state index contributed by atoms with van der Waals surface area (Å²) in [6.45, 7) is -0.287. The largest absolute Gasteiger partial charge is 0.434 e. The maximum atomic E-state index is 13.7. The number of nitrogens with zero attached hydrogens (tertiary/aromatic N) is 1. The average molecular weight is 355 g/mol. The molecule has 1 aromatic carbocycles. The molecule has 0 atom stereocenters. The van der Waals surface area contributed by atoms with E-state index < -0.39 is 17.7 Å². The summed E-state index contributed by atoms with van der Waals surface area (Å²) < 4.78 is 52.4. The van der Waals surface area contributed by atoms with Gasteiger partial charge in [-0.2, -0.15) is 13.2 Å². The van der Waals surface area contributed by atoms with Gasteiger partial charge in [0.05, 0.1) is 4.88 Å². The Morgan fingerprint density at radius 3 is 2.47 bits per heavy atom. The fourth-order valence-electron chi connectivity index (χ4n) is 1.49. The lowest BCUT2D eigenvalue weighted by Crippen LogP contribution is -2.10. The highest BCUT2D eigenvalue weighted by Crippen LogP contribution is 2.38. The minimum Gasteiger partial charge on any atom is -0.326 e. The molecule has 0 saturated heterocycles. The van der Waals surface area contributed by atoms with Gasteiger partial charge in [0, 0.05) is 16.6 Å². The first-order valence-electron chi connectivity index (χ1n) is 5.05. The molecule has 0 fully saturated rings. The van der Waals surface area contributed by atoms with Gasteiger partial charge in [-0.15, -0.1) is 11.3 Å². The number of rotatable bonds is 2. The van der Waals surface area contributed by atoms with Crippen molar-refractivity contribution in [2.24, 2.45) is 5.73 Å². The summed E-state index contributed by atoms with van der Waals surface area (Å²) in [6.07, 6.45) is -4.59. The molecule has 0 aliphatic carbocycles. The zero-order valence-corrected chi connectivity index (χ0v) is 11.7. The predicted octanol–water partition coefficient (Wildman–Crippen LogP) is 4.19. The van der Waals surface area contributed by atoms with Crippen molar-refractivity contribution in [3.63, 3.8) is 0 Å². The molecule has 102 valence electrons. The fraction of sp³-hybridized carbons (Fsp3) is 0.182. The normalized spacial score (nSPS) is 11.9. The van der Waals surface area contributed by atoms with Gasteiger partial charge in [0.1, 0.15) is 10.8 Å². The van der Waals surface area contributed by atoms with Gasteiger partial charge in [-0.3, -0.25) is 0 Å². The maximum absolute atomic E-state index is 13.7. The van der Waals surface area contributed by atoms with Crippen LogP contribution in [0.2, 0.25) is 0 Å². The molecule has 2 rings (SSSR count). The zero-order chi connectivity index (χ0) is 14.2. The maximum Gasteiger partial charge on any atom is 0.434 e. The van der Waals surface area contributed by atoms with Crippen LogP contribution in [0.5, 0.6) is 0 Å². The monoisotopic (exact) mass is 354 g/mol. The van der Waals surface area contributed by atoms with E-state index in [1.807, 2.05) is 0 Å². The Balaban J connectivity index is 2.55. The van der Waals surface area contributed by atoms with E-state index in [9.17, 15) is 17.6 Å². The summed E-state index contributed by atoms with van der Waals surface area (Å²) in [5.74, 6) is -0.638. The number of hydrogen-bond acceptors (Lipinski definition) is 3. The van der Waals surface area contributed by atoms with Crippen molar-refractivity contribution in [1.82, 2.24) is 4.98 Å². The van der Waals surface area contributed by atoms with Crippen molar-refractivity contribution < 1.29 is 17.6 Å². The second kappa shape index (κ2) is 5.18. The molecular formula is C11H7BrF4N2S. The Morgan fingerprint density at radius 2 is 2.00 bits per heavy atom. The molecule has 0 aliphatic rings. The minimum atomic E-state index is -4.59. The van der Waals surface area contributed by atoms with Crippen molar-refractivity contribution in [2.75, 3.05) is 0 Å². The molecule has 19 heavy (non-hydrogen) atoms. The number of halogens is 5. The van der Waals surface area contributed by atoms with Crippen molar-refractivity contribution in [3.05, 3.63) is 39.1 Å². The Morgan fingerprint density at radius 1 is 1.32 bits per heavy atom. The Labute approximate surface area is 118 Å². The van der Waals surface area contributed by atoms with Crippen molar-refractivity contribution in [3.8, 4) is 10.6 Å². The lowest BCUT2D eigenvalue weighted by Gasteiger charge is -2.03. The van der Waals surface area contributed by atoms with Crippen LogP contribution in [-0.4, -0.2) is 4.98 Å². The smallest absolute Gasteiger partial charge is 0.326 e. The van der Waals surface area contributed by atoms with E-state index in [4.69, 9.17) is 5.73 Å². The second-order valence-corrected chi connectivity index (χ2v) is 5.62. The molecule has 1 heterocycles. The minimum absolute atomic E-state index is 0.0263. The molecule has 8 heteroatoms. The van der Waals surface area contributed by atoms with Crippen molar-refractivity contribution in [1.29, 1.82) is 0 Å². The number of aromatic nitrogens is 1. The quantitative estimate of drug-likeness (QED) is 0.821. The first-order valence-corrected chi connectivity index (χ1v) is 6.66. The van der Waals surface area contributed by atoms with E-state index in [1.54, 1.807) is 0 Å². The molecule has 2 nitrogen and oxygen atoms in total. The van der Waals surface area contributed by atoms with Gasteiger partial charge in [-0.25, -0.2) is 9.37 Å². The van der Waals surface area contributed by atoms with Crippen LogP contribution in [0.4, 0.5) is 17.6 Å². The Bertz CT molecular complexity index is 609. The summed E-state index contributed by atoms with van der Waals surface area (Å²) in [4.78, 5) is 3.36. The van der Waals surface area contributed by atoms with E-state index in [1.165, 1.54) is 18.2 Å². The lowest BCUT2D eigenvalue weighted by atomic mass is 10.2. The lowest BCUT2D eigenvalue weighted by molar-refractivity contribution is -0.141.